The van der Waals surface area contributed by atoms with Gasteiger partial charge in [-0.2, -0.15) is 0 Å². The Morgan fingerprint density at radius 1 is 1.23 bits per heavy atom. The third-order valence-corrected chi connectivity index (χ3v) is 15.2. The maximum Gasteiger partial charge on any atom is -1.00 e. The van der Waals surface area contributed by atoms with E-state index in [1.54, 1.807) is 41.0 Å². The van der Waals surface area contributed by atoms with E-state index in [0.717, 1.165) is 16.1 Å². The molecule has 0 saturated carbocycles. The summed E-state index contributed by atoms with van der Waals surface area (Å²) in [6, 6.07) is 7.94. The molecule has 0 amide bonds. The van der Waals surface area contributed by atoms with E-state index < -0.39 is 16.1 Å². The Kier molecular flexibility index (Phi) is 6.61. The van der Waals surface area contributed by atoms with Gasteiger partial charge in [-0.3, -0.25) is 0 Å². The molecule has 1 heterocycles. The molecule has 1 atom stereocenters. The van der Waals surface area contributed by atoms with Crippen LogP contribution in [0.1, 0.15) is 26.7 Å². The fraction of sp³-hybridized carbons (Fsp3) is 0.400. The van der Waals surface area contributed by atoms with Gasteiger partial charge in [-0.1, -0.05) is 0 Å². The van der Waals surface area contributed by atoms with Crippen LogP contribution in [0, 0.1) is 0 Å². The SMILES string of the molecule is C[Si](C)(CCO)C1=CCC(c2cccc3c2C2=C([CH]3[Zr+2])[Si]2(C)C)=C1.[Cl-].[Cl-]. The Balaban J connectivity index is 0.00000121. The van der Waals surface area contributed by atoms with Crippen molar-refractivity contribution in [1.82, 2.24) is 0 Å². The van der Waals surface area contributed by atoms with E-state index in [1.165, 1.54) is 16.3 Å². The first kappa shape index (κ1) is 22.6. The van der Waals surface area contributed by atoms with Gasteiger partial charge in [0.05, 0.1) is 0 Å². The minimum atomic E-state index is -1.48. The molecule has 0 saturated heterocycles. The fourth-order valence-electron chi connectivity index (χ4n) is 4.57. The van der Waals surface area contributed by atoms with Gasteiger partial charge in [0.25, 0.3) is 0 Å². The summed E-state index contributed by atoms with van der Waals surface area (Å²) < 4.78 is 0.735. The molecule has 0 spiro atoms. The number of hydrogen-bond acceptors (Lipinski definition) is 1. The zero-order valence-electron chi connectivity index (χ0n) is 15.8. The molecule has 2 aliphatic carbocycles. The quantitative estimate of drug-likeness (QED) is 0.517. The monoisotopic (exact) mass is 497 g/mol. The maximum atomic E-state index is 9.39. The van der Waals surface area contributed by atoms with Crippen molar-refractivity contribution in [3.8, 4) is 0 Å². The molecule has 1 unspecified atom stereocenters. The van der Waals surface area contributed by atoms with E-state index in [0.29, 0.717) is 6.61 Å². The number of allylic oxidation sites excluding steroid dienone is 5. The van der Waals surface area contributed by atoms with Crippen molar-refractivity contribution >= 4 is 26.9 Å². The molecule has 0 radical (unpaired) electrons. The van der Waals surface area contributed by atoms with Crippen molar-refractivity contribution in [2.45, 2.75) is 42.3 Å². The van der Waals surface area contributed by atoms with Gasteiger partial charge in [-0.25, -0.2) is 0 Å². The first-order valence-electron chi connectivity index (χ1n) is 8.91. The molecule has 1 nitrogen and oxygen atoms in total. The van der Waals surface area contributed by atoms with Crippen LogP contribution >= 0.6 is 0 Å². The number of hydrogen-bond donors (Lipinski definition) is 1. The summed E-state index contributed by atoms with van der Waals surface area (Å²) in [5.41, 5.74) is 6.23. The Labute approximate surface area is 186 Å². The van der Waals surface area contributed by atoms with Gasteiger partial charge in [0.2, 0.25) is 0 Å². The van der Waals surface area contributed by atoms with Crippen molar-refractivity contribution < 1.29 is 54.6 Å². The van der Waals surface area contributed by atoms with Crippen molar-refractivity contribution in [1.29, 1.82) is 0 Å². The molecule has 137 valence electrons. The van der Waals surface area contributed by atoms with Crippen LogP contribution in [0.5, 0.6) is 0 Å². The second kappa shape index (κ2) is 7.61. The molecule has 1 aromatic carbocycles. The average Bonchev–Trinajstić information content (AvgIpc) is 2.88. The number of fused-ring (bicyclic) bond motifs is 2. The van der Waals surface area contributed by atoms with Crippen molar-refractivity contribution in [2.24, 2.45) is 0 Å². The third-order valence-electron chi connectivity index (χ3n) is 6.19. The summed E-state index contributed by atoms with van der Waals surface area (Å²) in [6.45, 7) is 10.1. The summed E-state index contributed by atoms with van der Waals surface area (Å²) in [7, 11) is -2.67. The molecule has 26 heavy (non-hydrogen) atoms. The predicted octanol–water partition coefficient (Wildman–Crippen LogP) is -1.20. The summed E-state index contributed by atoms with van der Waals surface area (Å²) >= 11 is 1.66. The van der Waals surface area contributed by atoms with E-state index in [2.05, 4.69) is 56.5 Å². The van der Waals surface area contributed by atoms with Crippen LogP contribution in [0.4, 0.5) is 0 Å². The normalized spacial score (nSPS) is 22.0. The van der Waals surface area contributed by atoms with Crippen molar-refractivity contribution in [3.63, 3.8) is 0 Å². The smallest absolute Gasteiger partial charge is 1.00 e. The van der Waals surface area contributed by atoms with E-state index >= 15 is 0 Å². The Bertz CT molecular complexity index is 840. The van der Waals surface area contributed by atoms with Gasteiger partial charge >= 0.3 is 163 Å². The minimum Gasteiger partial charge on any atom is -1.00 e. The molecule has 4 rings (SSSR count). The van der Waals surface area contributed by atoms with Crippen LogP contribution in [-0.4, -0.2) is 27.9 Å². The molecule has 0 bridgehead atoms. The minimum absolute atomic E-state index is 0. The molecule has 3 aliphatic rings. The average molecular weight is 500 g/mol. The number of benzene rings is 1. The Morgan fingerprint density at radius 2 is 1.92 bits per heavy atom. The van der Waals surface area contributed by atoms with Crippen LogP contribution in [0.3, 0.4) is 0 Å². The van der Waals surface area contributed by atoms with E-state index in [-0.39, 0.29) is 24.8 Å². The first-order valence-corrected chi connectivity index (χ1v) is 16.5. The van der Waals surface area contributed by atoms with Crippen molar-refractivity contribution in [3.05, 3.63) is 57.4 Å². The molecule has 1 aromatic rings. The van der Waals surface area contributed by atoms with Gasteiger partial charge in [0.15, 0.2) is 0 Å². The topological polar surface area (TPSA) is 20.2 Å². The van der Waals surface area contributed by atoms with E-state index in [1.807, 2.05) is 5.20 Å². The fourth-order valence-corrected chi connectivity index (χ4v) is 14.4. The van der Waals surface area contributed by atoms with Crippen molar-refractivity contribution in [2.75, 3.05) is 6.61 Å². The third kappa shape index (κ3) is 3.29. The van der Waals surface area contributed by atoms with Crippen LogP contribution in [0.15, 0.2) is 40.7 Å². The van der Waals surface area contributed by atoms with Gasteiger partial charge < -0.3 is 24.8 Å². The maximum absolute atomic E-state index is 9.39. The standard InChI is InChI=1S/C20H25OSi2.2ClH.Zr/c1-22(2,11-10-21)16-9-8-14(12-16)17-7-5-6-15-13-18-20(19(15)17)23(18,3)4;;;/h5-7,9,12-13,21H,8,10-11H2,1-4H3;2*1H;/q;;;+2/p-2. The predicted molar refractivity (Wildman–Crippen MR) is 104 cm³/mol. The zero-order valence-corrected chi connectivity index (χ0v) is 21.8. The van der Waals surface area contributed by atoms with Crippen LogP contribution in [-0.2, 0) is 24.7 Å². The number of halogens is 2. The molecule has 1 aliphatic heterocycles. The summed E-state index contributed by atoms with van der Waals surface area (Å²) in [6.07, 6.45) is 5.97. The molecular weight excluding hydrogens is 475 g/mol. The van der Waals surface area contributed by atoms with E-state index in [4.69, 9.17) is 0 Å². The molecular formula is C20H25Cl2OSi2Zr. The summed E-state index contributed by atoms with van der Waals surface area (Å²) in [4.78, 5) is 0. The summed E-state index contributed by atoms with van der Waals surface area (Å²) in [5.74, 6) is 0. The number of aliphatic hydroxyl groups excluding tert-OH is 1. The van der Waals surface area contributed by atoms with Crippen LogP contribution < -0.4 is 24.8 Å². The molecule has 0 fully saturated rings. The van der Waals surface area contributed by atoms with Crippen LogP contribution in [0.25, 0.3) is 10.8 Å². The largest absolute Gasteiger partial charge is 1.00 e. The number of rotatable bonds is 4. The zero-order chi connectivity index (χ0) is 17.3. The Hall–Kier alpha value is 0.297. The molecule has 6 heteroatoms. The van der Waals surface area contributed by atoms with Gasteiger partial charge in [0, 0.05) is 0 Å². The van der Waals surface area contributed by atoms with Gasteiger partial charge in [-0.05, 0) is 0 Å². The number of aliphatic hydroxyl groups is 1. The molecule has 1 N–H and O–H groups in total. The van der Waals surface area contributed by atoms with Gasteiger partial charge in [0.1, 0.15) is 0 Å². The molecule has 0 aromatic heterocycles. The Morgan fingerprint density at radius 3 is 2.58 bits per heavy atom. The van der Waals surface area contributed by atoms with Crippen LogP contribution in [0.2, 0.25) is 32.2 Å². The van der Waals surface area contributed by atoms with Gasteiger partial charge in [-0.15, -0.1) is 0 Å². The first-order chi connectivity index (χ1) is 11.3. The summed E-state index contributed by atoms with van der Waals surface area (Å²) in [5, 5.41) is 14.5. The second-order valence-corrected chi connectivity index (χ2v) is 19.1. The second-order valence-electron chi connectivity index (χ2n) is 8.51. The van der Waals surface area contributed by atoms with E-state index in [9.17, 15) is 5.11 Å².